The quantitative estimate of drug-likeness (QED) is 0.765. The number of ketones is 1. The largest absolute Gasteiger partial charge is 0.465 e. The molecule has 0 aromatic heterocycles. The molecule has 1 fully saturated rings. The van der Waals surface area contributed by atoms with Crippen molar-refractivity contribution in [2.75, 3.05) is 37.7 Å². The van der Waals surface area contributed by atoms with Gasteiger partial charge in [-0.25, -0.2) is 4.99 Å². The van der Waals surface area contributed by atoms with Gasteiger partial charge in [0.05, 0.1) is 21.3 Å². The average Bonchev–Trinajstić information content (AvgIpc) is 3.06. The highest BCUT2D eigenvalue weighted by atomic mass is 35.5. The van der Waals surface area contributed by atoms with E-state index in [0.29, 0.717) is 23.7 Å². The molecule has 2 aromatic carbocycles. The number of nitrogens with zero attached hydrogens (tertiary/aromatic N) is 3. The number of hydrogen-bond donors (Lipinski definition) is 0. The van der Waals surface area contributed by atoms with E-state index in [2.05, 4.69) is 22.0 Å². The molecule has 0 unspecified atom stereocenters. The van der Waals surface area contributed by atoms with Crippen molar-refractivity contribution in [1.29, 1.82) is 0 Å². The van der Waals surface area contributed by atoms with Crippen LogP contribution in [-0.2, 0) is 9.53 Å². The van der Waals surface area contributed by atoms with Crippen LogP contribution >= 0.6 is 23.2 Å². The number of halogens is 2. The Morgan fingerprint density at radius 3 is 2.46 bits per heavy atom. The molecular formula is C20H17Cl2N3O3. The third-order valence-electron chi connectivity index (χ3n) is 4.81. The Kier molecular flexibility index (Phi) is 5.24. The van der Waals surface area contributed by atoms with Crippen LogP contribution in [-0.4, -0.2) is 55.3 Å². The molecule has 6 nitrogen and oxygen atoms in total. The van der Waals surface area contributed by atoms with Crippen molar-refractivity contribution < 1.29 is 14.3 Å². The van der Waals surface area contributed by atoms with Gasteiger partial charge in [-0.2, -0.15) is 0 Å². The summed E-state index contributed by atoms with van der Waals surface area (Å²) in [6.45, 7) is 2.44. The first-order valence-corrected chi connectivity index (χ1v) is 9.62. The lowest BCUT2D eigenvalue weighted by Crippen LogP contribution is -2.50. The number of benzene rings is 2. The Morgan fingerprint density at radius 1 is 1.04 bits per heavy atom. The van der Waals surface area contributed by atoms with Gasteiger partial charge in [0.1, 0.15) is 0 Å². The molecule has 28 heavy (non-hydrogen) atoms. The maximum absolute atomic E-state index is 12.5. The number of ether oxygens (including phenoxy) is 1. The molecule has 144 valence electrons. The maximum Gasteiger partial charge on any atom is 0.264 e. The summed E-state index contributed by atoms with van der Waals surface area (Å²) in [5.41, 5.74) is 1.76. The van der Waals surface area contributed by atoms with Crippen molar-refractivity contribution >= 4 is 52.2 Å². The van der Waals surface area contributed by atoms with Gasteiger partial charge in [-0.05, 0) is 24.3 Å². The first-order valence-electron chi connectivity index (χ1n) is 8.86. The van der Waals surface area contributed by atoms with Gasteiger partial charge in [0, 0.05) is 31.9 Å². The van der Waals surface area contributed by atoms with E-state index in [-0.39, 0.29) is 29.1 Å². The van der Waals surface area contributed by atoms with Gasteiger partial charge < -0.3 is 14.5 Å². The summed E-state index contributed by atoms with van der Waals surface area (Å²) in [6, 6.07) is 13.2. The topological polar surface area (TPSA) is 62.2 Å². The normalized spacial score (nSPS) is 16.1. The Hall–Kier alpha value is -2.57. The highest BCUT2D eigenvalue weighted by molar-refractivity contribution is 6.51. The summed E-state index contributed by atoms with van der Waals surface area (Å²) in [5, 5.41) is 0.514. The second-order valence-corrected chi connectivity index (χ2v) is 7.28. The van der Waals surface area contributed by atoms with Gasteiger partial charge in [-0.3, -0.25) is 9.59 Å². The lowest BCUT2D eigenvalue weighted by molar-refractivity contribution is -0.133. The van der Waals surface area contributed by atoms with Gasteiger partial charge in [0.25, 0.3) is 11.8 Å². The van der Waals surface area contributed by atoms with E-state index >= 15 is 0 Å². The molecule has 2 aliphatic rings. The maximum atomic E-state index is 12.5. The smallest absolute Gasteiger partial charge is 0.264 e. The minimum absolute atomic E-state index is 0.129. The van der Waals surface area contributed by atoms with Crippen LogP contribution in [0.2, 0.25) is 10.0 Å². The van der Waals surface area contributed by atoms with Crippen LogP contribution in [0, 0.1) is 0 Å². The summed E-state index contributed by atoms with van der Waals surface area (Å²) >= 11 is 12.0. The predicted octanol–water partition coefficient (Wildman–Crippen LogP) is 3.59. The van der Waals surface area contributed by atoms with Gasteiger partial charge in [0.15, 0.2) is 6.61 Å². The lowest BCUT2D eigenvalue weighted by Gasteiger charge is -2.36. The summed E-state index contributed by atoms with van der Waals surface area (Å²) < 4.78 is 5.41. The standard InChI is InChI=1S/C20H17Cl2N3O3/c21-15-7-6-14-18(17(15)22)23-20(19(14)27)28-12-16(26)25-10-8-24(9-11-25)13-4-2-1-3-5-13/h1-7H,8-12H2. The Balaban J connectivity index is 1.33. The number of carbonyl (C=O) groups is 2. The van der Waals surface area contributed by atoms with Gasteiger partial charge >= 0.3 is 0 Å². The zero-order valence-corrected chi connectivity index (χ0v) is 16.4. The Labute approximate surface area is 172 Å². The molecular weight excluding hydrogens is 401 g/mol. The molecule has 1 saturated heterocycles. The molecule has 0 bridgehead atoms. The molecule has 8 heteroatoms. The number of fused-ring (bicyclic) bond motifs is 1. The summed E-state index contributed by atoms with van der Waals surface area (Å²) in [6.07, 6.45) is 0. The number of amides is 1. The lowest BCUT2D eigenvalue weighted by atomic mass is 10.1. The molecule has 1 amide bonds. The van der Waals surface area contributed by atoms with Crippen molar-refractivity contribution in [2.24, 2.45) is 4.99 Å². The van der Waals surface area contributed by atoms with E-state index in [0.717, 1.165) is 18.8 Å². The Bertz CT molecular complexity index is 955. The van der Waals surface area contributed by atoms with Gasteiger partial charge in [-0.1, -0.05) is 41.4 Å². The highest BCUT2D eigenvalue weighted by Gasteiger charge is 2.30. The molecule has 2 aliphatic heterocycles. The second kappa shape index (κ2) is 7.81. The predicted molar refractivity (Wildman–Crippen MR) is 109 cm³/mol. The Morgan fingerprint density at radius 2 is 1.75 bits per heavy atom. The number of carbonyl (C=O) groups excluding carboxylic acids is 2. The van der Waals surface area contributed by atoms with Crippen LogP contribution in [0.3, 0.4) is 0 Å². The SMILES string of the molecule is O=C1C(OCC(=O)N2CCN(c3ccccc3)CC2)=Nc2c1ccc(Cl)c2Cl. The fourth-order valence-corrected chi connectivity index (χ4v) is 3.63. The number of piperazine rings is 1. The van der Waals surface area contributed by atoms with Crippen LogP contribution in [0.5, 0.6) is 0 Å². The number of Topliss-reactive ketones (excluding diaryl/α,β-unsaturated/α-hetero) is 1. The van der Waals surface area contributed by atoms with Crippen molar-refractivity contribution in [3.8, 4) is 0 Å². The fraction of sp³-hybridized carbons (Fsp3) is 0.250. The second-order valence-electron chi connectivity index (χ2n) is 6.50. The number of para-hydroxylation sites is 1. The van der Waals surface area contributed by atoms with E-state index in [4.69, 9.17) is 27.9 Å². The van der Waals surface area contributed by atoms with E-state index < -0.39 is 5.78 Å². The number of hydrogen-bond acceptors (Lipinski definition) is 5. The monoisotopic (exact) mass is 417 g/mol. The molecule has 2 heterocycles. The molecule has 0 N–H and O–H groups in total. The van der Waals surface area contributed by atoms with Crippen LogP contribution < -0.4 is 4.90 Å². The average molecular weight is 418 g/mol. The van der Waals surface area contributed by atoms with E-state index in [1.165, 1.54) is 6.07 Å². The summed E-state index contributed by atoms with van der Waals surface area (Å²) in [5.74, 6) is -0.700. The highest BCUT2D eigenvalue weighted by Crippen LogP contribution is 2.39. The third-order valence-corrected chi connectivity index (χ3v) is 5.60. The van der Waals surface area contributed by atoms with Crippen molar-refractivity contribution in [3.63, 3.8) is 0 Å². The van der Waals surface area contributed by atoms with Crippen molar-refractivity contribution in [1.82, 2.24) is 4.90 Å². The summed E-state index contributed by atoms with van der Waals surface area (Å²) in [7, 11) is 0. The first-order chi connectivity index (χ1) is 13.5. The molecule has 4 rings (SSSR count). The van der Waals surface area contributed by atoms with Crippen LogP contribution in [0.25, 0.3) is 0 Å². The zero-order chi connectivity index (χ0) is 19.7. The zero-order valence-electron chi connectivity index (χ0n) is 14.9. The van der Waals surface area contributed by atoms with Gasteiger partial charge in [-0.15, -0.1) is 0 Å². The fourth-order valence-electron chi connectivity index (χ4n) is 3.27. The van der Waals surface area contributed by atoms with E-state index in [1.807, 2.05) is 18.2 Å². The van der Waals surface area contributed by atoms with Crippen LogP contribution in [0.1, 0.15) is 10.4 Å². The number of aliphatic imine (C=N–C) groups is 1. The molecule has 0 saturated carbocycles. The van der Waals surface area contributed by atoms with Crippen molar-refractivity contribution in [3.05, 3.63) is 58.1 Å². The molecule has 0 aliphatic carbocycles. The summed E-state index contributed by atoms with van der Waals surface area (Å²) in [4.78, 5) is 32.9. The van der Waals surface area contributed by atoms with Crippen LogP contribution in [0.4, 0.5) is 11.4 Å². The van der Waals surface area contributed by atoms with E-state index in [1.54, 1.807) is 11.0 Å². The number of anilines is 1. The molecule has 2 aromatic rings. The molecule has 0 spiro atoms. The van der Waals surface area contributed by atoms with Gasteiger partial charge in [0.2, 0.25) is 5.78 Å². The molecule has 0 radical (unpaired) electrons. The molecule has 0 atom stereocenters. The first kappa shape index (κ1) is 18.8. The number of rotatable bonds is 3. The van der Waals surface area contributed by atoms with Crippen molar-refractivity contribution in [2.45, 2.75) is 0 Å². The minimum Gasteiger partial charge on any atom is -0.465 e. The minimum atomic E-state index is -0.393. The third kappa shape index (κ3) is 3.57. The van der Waals surface area contributed by atoms with E-state index in [9.17, 15) is 9.59 Å². The van der Waals surface area contributed by atoms with Crippen LogP contribution in [0.15, 0.2) is 47.5 Å².